The molecule has 10 heteroatoms. The summed E-state index contributed by atoms with van der Waals surface area (Å²) in [6.07, 6.45) is 0. The second kappa shape index (κ2) is 10.6. The van der Waals surface area contributed by atoms with Gasteiger partial charge >= 0.3 is 5.97 Å². The highest BCUT2D eigenvalue weighted by atomic mass is 35.5. The normalized spacial score (nSPS) is 13.1. The van der Waals surface area contributed by atoms with Gasteiger partial charge in [0.25, 0.3) is 17.7 Å². The summed E-state index contributed by atoms with van der Waals surface area (Å²) in [7, 11) is 0. The number of amides is 3. The van der Waals surface area contributed by atoms with Gasteiger partial charge < -0.3 is 15.4 Å². The van der Waals surface area contributed by atoms with Crippen LogP contribution in [-0.2, 0) is 14.3 Å². The van der Waals surface area contributed by atoms with Crippen LogP contribution in [0.4, 0.5) is 17.1 Å². The molecular formula is C26H19Cl2N3O5. The number of para-hydroxylation sites is 1. The second-order valence-electron chi connectivity index (χ2n) is 7.54. The first-order valence-electron chi connectivity index (χ1n) is 10.8. The maximum Gasteiger partial charge on any atom is 0.338 e. The number of esters is 1. The Bertz CT molecular complexity index is 1400. The smallest absolute Gasteiger partial charge is 0.338 e. The number of imide groups is 1. The van der Waals surface area contributed by atoms with Crippen molar-refractivity contribution < 1.29 is 23.9 Å². The van der Waals surface area contributed by atoms with E-state index in [0.29, 0.717) is 22.5 Å². The van der Waals surface area contributed by atoms with Crippen molar-refractivity contribution in [2.45, 2.75) is 6.92 Å². The number of carbonyl (C=O) groups is 4. The van der Waals surface area contributed by atoms with Crippen LogP contribution in [0, 0.1) is 0 Å². The Morgan fingerprint density at radius 2 is 1.58 bits per heavy atom. The Kier molecular flexibility index (Phi) is 7.38. The largest absolute Gasteiger partial charge is 0.462 e. The minimum Gasteiger partial charge on any atom is -0.462 e. The molecule has 0 atom stereocenters. The zero-order valence-corrected chi connectivity index (χ0v) is 20.4. The van der Waals surface area contributed by atoms with Crippen LogP contribution >= 0.6 is 23.2 Å². The summed E-state index contributed by atoms with van der Waals surface area (Å²) in [5.74, 6) is -2.23. The first kappa shape index (κ1) is 25.0. The number of nitrogens with one attached hydrogen (secondary N) is 2. The minimum absolute atomic E-state index is 0.102. The van der Waals surface area contributed by atoms with E-state index < -0.39 is 23.7 Å². The highest BCUT2D eigenvalue weighted by Crippen LogP contribution is 2.34. The van der Waals surface area contributed by atoms with E-state index >= 15 is 0 Å². The molecule has 3 amide bonds. The lowest BCUT2D eigenvalue weighted by Crippen LogP contribution is -2.32. The number of nitrogens with zero attached hydrogens (tertiary/aromatic N) is 1. The van der Waals surface area contributed by atoms with Crippen molar-refractivity contribution in [2.75, 3.05) is 22.1 Å². The summed E-state index contributed by atoms with van der Waals surface area (Å²) < 4.78 is 4.97. The molecule has 0 aliphatic carbocycles. The molecule has 1 aliphatic rings. The summed E-state index contributed by atoms with van der Waals surface area (Å²) in [6, 6.07) is 19.0. The zero-order chi connectivity index (χ0) is 25.8. The van der Waals surface area contributed by atoms with Crippen molar-refractivity contribution in [3.05, 3.63) is 99.7 Å². The lowest BCUT2D eigenvalue weighted by Gasteiger charge is -2.16. The maximum atomic E-state index is 12.9. The predicted octanol–water partition coefficient (Wildman–Crippen LogP) is 5.20. The SMILES string of the molecule is CCOC(=O)c1cccc(NC(=O)c2ccc(NC3=C(Cl)C(=O)N(c4ccccc4Cl)C3=O)cc2)c1. The molecule has 2 N–H and O–H groups in total. The van der Waals surface area contributed by atoms with Crippen molar-refractivity contribution in [3.8, 4) is 0 Å². The van der Waals surface area contributed by atoms with E-state index in [9.17, 15) is 19.2 Å². The fraction of sp³-hybridized carbons (Fsp3) is 0.0769. The summed E-state index contributed by atoms with van der Waals surface area (Å²) in [4.78, 5) is 51.0. The molecule has 0 saturated carbocycles. The molecule has 3 aromatic carbocycles. The summed E-state index contributed by atoms with van der Waals surface area (Å²) in [5.41, 5.74) is 1.64. The van der Waals surface area contributed by atoms with Gasteiger partial charge in [-0.05, 0) is 61.5 Å². The second-order valence-corrected chi connectivity index (χ2v) is 8.33. The predicted molar refractivity (Wildman–Crippen MR) is 137 cm³/mol. The molecule has 0 fully saturated rings. The highest BCUT2D eigenvalue weighted by molar-refractivity contribution is 6.53. The van der Waals surface area contributed by atoms with E-state index in [1.807, 2.05) is 0 Å². The van der Waals surface area contributed by atoms with E-state index in [1.54, 1.807) is 61.5 Å². The number of hydrogen-bond donors (Lipinski definition) is 2. The highest BCUT2D eigenvalue weighted by Gasteiger charge is 2.39. The fourth-order valence-corrected chi connectivity index (χ4v) is 3.89. The van der Waals surface area contributed by atoms with Gasteiger partial charge in [-0.3, -0.25) is 14.4 Å². The molecule has 0 unspecified atom stereocenters. The molecule has 0 spiro atoms. The van der Waals surface area contributed by atoms with Crippen LogP contribution in [0.3, 0.4) is 0 Å². The molecule has 0 saturated heterocycles. The van der Waals surface area contributed by atoms with E-state index in [2.05, 4.69) is 10.6 Å². The van der Waals surface area contributed by atoms with Gasteiger partial charge in [0.05, 0.1) is 22.9 Å². The third-order valence-electron chi connectivity index (χ3n) is 5.17. The van der Waals surface area contributed by atoms with Gasteiger partial charge in [0, 0.05) is 16.9 Å². The topological polar surface area (TPSA) is 105 Å². The third kappa shape index (κ3) is 5.10. The van der Waals surface area contributed by atoms with Gasteiger partial charge in [-0.15, -0.1) is 0 Å². The lowest BCUT2D eigenvalue weighted by atomic mass is 10.1. The van der Waals surface area contributed by atoms with Crippen LogP contribution in [0.15, 0.2) is 83.5 Å². The first-order chi connectivity index (χ1) is 17.3. The number of halogens is 2. The quantitative estimate of drug-likeness (QED) is 0.325. The minimum atomic E-state index is -0.696. The number of hydrogen-bond acceptors (Lipinski definition) is 6. The molecule has 8 nitrogen and oxygen atoms in total. The lowest BCUT2D eigenvalue weighted by molar-refractivity contribution is -0.120. The number of benzene rings is 3. The van der Waals surface area contributed by atoms with E-state index in [4.69, 9.17) is 27.9 Å². The summed E-state index contributed by atoms with van der Waals surface area (Å²) in [5, 5.41) is 5.52. The van der Waals surface area contributed by atoms with Gasteiger partial charge in [0.15, 0.2) is 0 Å². The van der Waals surface area contributed by atoms with Crippen molar-refractivity contribution in [1.29, 1.82) is 0 Å². The molecular weight excluding hydrogens is 505 g/mol. The Morgan fingerprint density at radius 1 is 0.861 bits per heavy atom. The first-order valence-corrected chi connectivity index (χ1v) is 11.5. The molecule has 1 heterocycles. The van der Waals surface area contributed by atoms with Crippen molar-refractivity contribution in [1.82, 2.24) is 0 Å². The third-order valence-corrected chi connectivity index (χ3v) is 5.84. The maximum absolute atomic E-state index is 12.9. The van der Waals surface area contributed by atoms with Gasteiger partial charge in [0.1, 0.15) is 10.7 Å². The Balaban J connectivity index is 1.46. The molecule has 0 bridgehead atoms. The van der Waals surface area contributed by atoms with E-state index in [1.165, 1.54) is 18.2 Å². The van der Waals surface area contributed by atoms with E-state index in [-0.39, 0.29) is 28.0 Å². The van der Waals surface area contributed by atoms with Crippen molar-refractivity contribution in [3.63, 3.8) is 0 Å². The monoisotopic (exact) mass is 523 g/mol. The van der Waals surface area contributed by atoms with Gasteiger partial charge in [-0.25, -0.2) is 9.69 Å². The molecule has 1 aliphatic heterocycles. The van der Waals surface area contributed by atoms with Crippen LogP contribution in [-0.4, -0.2) is 30.3 Å². The van der Waals surface area contributed by atoms with Crippen LogP contribution in [0.2, 0.25) is 5.02 Å². The van der Waals surface area contributed by atoms with Gasteiger partial charge in [-0.1, -0.05) is 41.4 Å². The number of anilines is 3. The van der Waals surface area contributed by atoms with E-state index in [0.717, 1.165) is 4.90 Å². The van der Waals surface area contributed by atoms with Crippen LogP contribution in [0.25, 0.3) is 0 Å². The number of ether oxygens (including phenoxy) is 1. The summed E-state index contributed by atoms with van der Waals surface area (Å²) in [6.45, 7) is 1.96. The van der Waals surface area contributed by atoms with Crippen molar-refractivity contribution in [2.24, 2.45) is 0 Å². The van der Waals surface area contributed by atoms with Crippen LogP contribution in [0.5, 0.6) is 0 Å². The summed E-state index contributed by atoms with van der Waals surface area (Å²) >= 11 is 12.3. The Hall–Kier alpha value is -4.14. The Labute approximate surface area is 216 Å². The average molecular weight is 524 g/mol. The Morgan fingerprint density at radius 3 is 2.28 bits per heavy atom. The standard InChI is InChI=1S/C26H19Cl2N3O5/c1-2-36-26(35)16-6-5-7-18(14-16)30-23(32)15-10-12-17(13-11-15)29-22-21(28)24(33)31(25(22)34)20-9-4-3-8-19(20)27/h3-14,29H,2H2,1H3,(H,30,32). The molecule has 0 radical (unpaired) electrons. The van der Waals surface area contributed by atoms with Gasteiger partial charge in [-0.2, -0.15) is 0 Å². The number of carbonyl (C=O) groups excluding carboxylic acids is 4. The molecule has 0 aromatic heterocycles. The number of rotatable bonds is 7. The fourth-order valence-electron chi connectivity index (χ4n) is 3.45. The van der Waals surface area contributed by atoms with Crippen molar-refractivity contribution >= 4 is 64.0 Å². The van der Waals surface area contributed by atoms with Gasteiger partial charge in [0.2, 0.25) is 0 Å². The molecule has 182 valence electrons. The molecule has 36 heavy (non-hydrogen) atoms. The molecule has 3 aromatic rings. The molecule has 4 rings (SSSR count). The van der Waals surface area contributed by atoms with Crippen LogP contribution in [0.1, 0.15) is 27.6 Å². The van der Waals surface area contributed by atoms with Crippen LogP contribution < -0.4 is 15.5 Å². The average Bonchev–Trinajstić information content (AvgIpc) is 3.08. The zero-order valence-electron chi connectivity index (χ0n) is 18.9.